The van der Waals surface area contributed by atoms with Crippen molar-refractivity contribution in [2.75, 3.05) is 13.7 Å². The van der Waals surface area contributed by atoms with Crippen molar-refractivity contribution in [2.24, 2.45) is 0 Å². The Balaban J connectivity index is 2.65. The molecule has 0 aliphatic carbocycles. The van der Waals surface area contributed by atoms with Gasteiger partial charge in [0.25, 0.3) is 11.5 Å². The summed E-state index contributed by atoms with van der Waals surface area (Å²) in [5, 5.41) is 4.04. The van der Waals surface area contributed by atoms with Gasteiger partial charge in [-0.3, -0.25) is 14.2 Å². The van der Waals surface area contributed by atoms with E-state index in [9.17, 15) is 9.59 Å². The normalized spacial score (nSPS) is 10.5. The fraction of sp³-hybridized carbons (Fsp3) is 0.294. The van der Waals surface area contributed by atoms with E-state index in [2.05, 4.69) is 11.9 Å². The molecule has 5 heteroatoms. The molecular weight excluding hydrogens is 280 g/mol. The summed E-state index contributed by atoms with van der Waals surface area (Å²) in [6.45, 7) is 6.48. The number of hydrogen-bond donors (Lipinski definition) is 1. The average Bonchev–Trinajstić information content (AvgIpc) is 2.54. The van der Waals surface area contributed by atoms with Gasteiger partial charge in [0, 0.05) is 18.5 Å². The number of amides is 1. The number of nitrogens with zero attached hydrogens (tertiary/aromatic N) is 1. The van der Waals surface area contributed by atoms with Gasteiger partial charge in [-0.1, -0.05) is 13.0 Å². The minimum absolute atomic E-state index is 0.207. The first-order valence-corrected chi connectivity index (χ1v) is 7.23. The second kappa shape index (κ2) is 6.93. The van der Waals surface area contributed by atoms with Crippen LogP contribution in [-0.4, -0.2) is 24.1 Å². The molecule has 0 fully saturated rings. The molecule has 2 rings (SSSR count). The van der Waals surface area contributed by atoms with E-state index in [4.69, 9.17) is 4.74 Å². The highest BCUT2D eigenvalue weighted by Gasteiger charge is 2.15. The second-order valence-electron chi connectivity index (χ2n) is 4.94. The Bertz CT molecular complexity index is 762. The molecule has 2 aromatic rings. The fourth-order valence-electron chi connectivity index (χ4n) is 2.29. The summed E-state index contributed by atoms with van der Waals surface area (Å²) in [4.78, 5) is 24.9. The van der Waals surface area contributed by atoms with E-state index >= 15 is 0 Å². The van der Waals surface area contributed by atoms with Crippen molar-refractivity contribution in [3.8, 4) is 5.75 Å². The molecule has 0 atom stereocenters. The Labute approximate surface area is 129 Å². The fourth-order valence-corrected chi connectivity index (χ4v) is 2.29. The predicted octanol–water partition coefficient (Wildman–Crippen LogP) is 2.34. The first kappa shape index (κ1) is 15.8. The van der Waals surface area contributed by atoms with Crippen LogP contribution in [0.3, 0.4) is 0 Å². The first-order valence-electron chi connectivity index (χ1n) is 7.23. The number of hydrogen-bond acceptors (Lipinski definition) is 3. The Kier molecular flexibility index (Phi) is 4.99. The maximum Gasteiger partial charge on any atom is 0.268 e. The van der Waals surface area contributed by atoms with Crippen molar-refractivity contribution in [2.45, 2.75) is 19.9 Å². The minimum atomic E-state index is -0.259. The van der Waals surface area contributed by atoms with Crippen LogP contribution >= 0.6 is 0 Å². The van der Waals surface area contributed by atoms with Crippen LogP contribution in [-0.2, 0) is 6.54 Å². The van der Waals surface area contributed by atoms with Gasteiger partial charge >= 0.3 is 0 Å². The number of fused-ring (bicyclic) bond motifs is 1. The number of aromatic nitrogens is 1. The third kappa shape index (κ3) is 3.03. The molecule has 1 amide bonds. The molecule has 22 heavy (non-hydrogen) atoms. The Morgan fingerprint density at radius 1 is 1.41 bits per heavy atom. The van der Waals surface area contributed by atoms with Crippen molar-refractivity contribution in [1.82, 2.24) is 9.88 Å². The highest BCUT2D eigenvalue weighted by Crippen LogP contribution is 2.19. The third-order valence-electron chi connectivity index (χ3n) is 3.40. The molecule has 0 saturated heterocycles. The van der Waals surface area contributed by atoms with Crippen LogP contribution in [0.4, 0.5) is 0 Å². The molecule has 0 aliphatic heterocycles. The van der Waals surface area contributed by atoms with Crippen molar-refractivity contribution in [3.05, 3.63) is 53.0 Å². The number of carbonyl (C=O) groups is 1. The number of pyridine rings is 1. The van der Waals surface area contributed by atoms with E-state index in [1.165, 1.54) is 4.57 Å². The van der Waals surface area contributed by atoms with Crippen LogP contribution in [0, 0.1) is 0 Å². The first-order chi connectivity index (χ1) is 10.6. The third-order valence-corrected chi connectivity index (χ3v) is 3.40. The maximum absolute atomic E-state index is 12.6. The number of nitrogens with one attached hydrogen (secondary N) is 1. The van der Waals surface area contributed by atoms with Gasteiger partial charge in [-0.15, -0.1) is 6.58 Å². The highest BCUT2D eigenvalue weighted by atomic mass is 16.5. The van der Waals surface area contributed by atoms with Crippen molar-refractivity contribution < 1.29 is 9.53 Å². The average molecular weight is 300 g/mol. The van der Waals surface area contributed by atoms with Gasteiger partial charge in [0.15, 0.2) is 0 Å². The quantitative estimate of drug-likeness (QED) is 0.833. The van der Waals surface area contributed by atoms with Crippen molar-refractivity contribution in [1.29, 1.82) is 0 Å². The van der Waals surface area contributed by atoms with Crippen molar-refractivity contribution >= 4 is 16.7 Å². The zero-order valence-electron chi connectivity index (χ0n) is 12.9. The summed E-state index contributed by atoms with van der Waals surface area (Å²) in [6.07, 6.45) is 2.44. The van der Waals surface area contributed by atoms with Gasteiger partial charge in [-0.25, -0.2) is 0 Å². The molecule has 0 aliphatic rings. The Hall–Kier alpha value is -2.56. The van der Waals surface area contributed by atoms with Gasteiger partial charge in [0.05, 0.1) is 7.11 Å². The number of ether oxygens (including phenoxy) is 1. The molecule has 5 nitrogen and oxygen atoms in total. The lowest BCUT2D eigenvalue weighted by atomic mass is 10.1. The molecule has 116 valence electrons. The number of allylic oxidation sites excluding steroid dienone is 1. The number of methoxy groups -OCH3 is 1. The lowest BCUT2D eigenvalue weighted by molar-refractivity contribution is 0.0944. The second-order valence-corrected chi connectivity index (χ2v) is 4.94. The molecule has 1 N–H and O–H groups in total. The lowest BCUT2D eigenvalue weighted by Gasteiger charge is -2.13. The van der Waals surface area contributed by atoms with Crippen molar-refractivity contribution in [3.63, 3.8) is 0 Å². The van der Waals surface area contributed by atoms with Crippen LogP contribution in [0.5, 0.6) is 5.75 Å². The van der Waals surface area contributed by atoms with Crippen LogP contribution in [0.15, 0.2) is 41.7 Å². The molecule has 1 heterocycles. The van der Waals surface area contributed by atoms with Crippen LogP contribution in [0.25, 0.3) is 10.8 Å². The van der Waals surface area contributed by atoms with Gasteiger partial charge in [-0.2, -0.15) is 0 Å². The SMILES string of the molecule is C=CCn1c(C(=O)NCCC)cc2cc(OC)ccc2c1=O. The van der Waals surface area contributed by atoms with Crippen LogP contribution in [0.2, 0.25) is 0 Å². The molecular formula is C17H20N2O3. The van der Waals surface area contributed by atoms with Crippen LogP contribution < -0.4 is 15.6 Å². The standard InChI is InChI=1S/C17H20N2O3/c1-4-8-18-16(20)15-11-12-10-13(22-3)6-7-14(12)17(21)19(15)9-5-2/h5-7,10-11H,2,4,8-9H2,1,3H3,(H,18,20). The van der Waals surface area contributed by atoms with Gasteiger partial charge < -0.3 is 10.1 Å². The number of carbonyl (C=O) groups excluding carboxylic acids is 1. The Morgan fingerprint density at radius 2 is 2.18 bits per heavy atom. The summed E-state index contributed by atoms with van der Waals surface area (Å²) in [5.74, 6) is 0.388. The molecule has 1 aromatic heterocycles. The maximum atomic E-state index is 12.6. The zero-order valence-corrected chi connectivity index (χ0v) is 12.9. The monoisotopic (exact) mass is 300 g/mol. The molecule has 0 unspecified atom stereocenters. The lowest BCUT2D eigenvalue weighted by Crippen LogP contribution is -2.32. The summed E-state index contributed by atoms with van der Waals surface area (Å²) in [6, 6.07) is 6.92. The Morgan fingerprint density at radius 3 is 2.82 bits per heavy atom. The number of benzene rings is 1. The van der Waals surface area contributed by atoms with E-state index in [1.807, 2.05) is 6.92 Å². The largest absolute Gasteiger partial charge is 0.497 e. The van der Waals surface area contributed by atoms with E-state index < -0.39 is 0 Å². The smallest absolute Gasteiger partial charge is 0.268 e. The van der Waals surface area contributed by atoms with E-state index in [1.54, 1.807) is 37.5 Å². The molecule has 1 aromatic carbocycles. The molecule has 0 saturated carbocycles. The number of rotatable bonds is 6. The van der Waals surface area contributed by atoms with Crippen LogP contribution in [0.1, 0.15) is 23.8 Å². The topological polar surface area (TPSA) is 60.3 Å². The predicted molar refractivity (Wildman–Crippen MR) is 87.6 cm³/mol. The minimum Gasteiger partial charge on any atom is -0.497 e. The zero-order chi connectivity index (χ0) is 16.1. The summed E-state index contributed by atoms with van der Waals surface area (Å²) < 4.78 is 6.62. The van der Waals surface area contributed by atoms with E-state index in [0.717, 1.165) is 6.42 Å². The molecule has 0 radical (unpaired) electrons. The van der Waals surface area contributed by atoms with E-state index in [0.29, 0.717) is 28.8 Å². The molecule has 0 spiro atoms. The van der Waals surface area contributed by atoms with Gasteiger partial charge in [-0.05, 0) is 36.1 Å². The van der Waals surface area contributed by atoms with Gasteiger partial charge in [0.2, 0.25) is 0 Å². The highest BCUT2D eigenvalue weighted by molar-refractivity contribution is 5.97. The summed E-state index contributed by atoms with van der Waals surface area (Å²) in [7, 11) is 1.56. The summed E-state index contributed by atoms with van der Waals surface area (Å²) >= 11 is 0. The van der Waals surface area contributed by atoms with E-state index in [-0.39, 0.29) is 18.0 Å². The summed E-state index contributed by atoms with van der Waals surface area (Å²) in [5.41, 5.74) is 0.126. The van der Waals surface area contributed by atoms with Gasteiger partial charge in [0.1, 0.15) is 11.4 Å². The molecule has 0 bridgehead atoms.